The third kappa shape index (κ3) is 4.74. The quantitative estimate of drug-likeness (QED) is 0.637. The number of likely N-dealkylation sites (tertiary alicyclic amines) is 1. The second kappa shape index (κ2) is 7.23. The van der Waals surface area contributed by atoms with Crippen molar-refractivity contribution in [2.75, 3.05) is 20.1 Å². The molecule has 1 saturated heterocycles. The first kappa shape index (κ1) is 15.3. The van der Waals surface area contributed by atoms with Gasteiger partial charge in [0.2, 0.25) is 0 Å². The molecular formula is C10H19NY-2. The van der Waals surface area contributed by atoms with Crippen LogP contribution in [0.15, 0.2) is 6.08 Å². The van der Waals surface area contributed by atoms with Crippen LogP contribution in [0, 0.1) is 18.9 Å². The molecule has 1 aliphatic rings. The Balaban J connectivity index is 0. The van der Waals surface area contributed by atoms with Gasteiger partial charge in [-0.3, -0.25) is 6.08 Å². The molecule has 0 bridgehead atoms. The molecule has 0 N–H and O–H groups in total. The van der Waals surface area contributed by atoms with E-state index in [-0.39, 0.29) is 38.1 Å². The molecule has 1 radical (unpaired) electrons. The third-order valence-corrected chi connectivity index (χ3v) is 1.93. The molecule has 1 unspecified atom stereocenters. The topological polar surface area (TPSA) is 3.24 Å². The second-order valence-corrected chi connectivity index (χ2v) is 3.02. The van der Waals surface area contributed by atoms with Gasteiger partial charge in [-0.05, 0) is 20.1 Å². The van der Waals surface area contributed by atoms with Crippen LogP contribution in [0.5, 0.6) is 0 Å². The van der Waals surface area contributed by atoms with Gasteiger partial charge in [-0.1, -0.05) is 20.3 Å². The Bertz CT molecular complexity index is 125. The normalized spacial score (nSPS) is 28.3. The molecule has 1 atom stereocenters. The van der Waals surface area contributed by atoms with E-state index in [0.29, 0.717) is 0 Å². The van der Waals surface area contributed by atoms with Crippen LogP contribution in [0.25, 0.3) is 0 Å². The van der Waals surface area contributed by atoms with E-state index in [1.807, 2.05) is 13.8 Å². The fourth-order valence-electron chi connectivity index (χ4n) is 1.25. The molecule has 1 fully saturated rings. The molecule has 69 valence electrons. The summed E-state index contributed by atoms with van der Waals surface area (Å²) in [5.41, 5.74) is 0.0365. The van der Waals surface area contributed by atoms with Crippen molar-refractivity contribution in [1.29, 1.82) is 0 Å². The van der Waals surface area contributed by atoms with Gasteiger partial charge in [-0.2, -0.15) is 5.41 Å². The SMILES string of the molecule is CC.[CH-]=CC1([CH2-])CCN(C)C1.[Y]. The maximum Gasteiger partial charge on any atom is 0 e. The van der Waals surface area contributed by atoms with Crippen molar-refractivity contribution in [2.24, 2.45) is 5.41 Å². The number of hydrogen-bond acceptors (Lipinski definition) is 1. The Kier molecular flexibility index (Phi) is 9.21. The number of rotatable bonds is 1. The molecule has 2 heteroatoms. The van der Waals surface area contributed by atoms with Crippen molar-refractivity contribution in [1.82, 2.24) is 4.90 Å². The van der Waals surface area contributed by atoms with Crippen LogP contribution in [0.4, 0.5) is 0 Å². The van der Waals surface area contributed by atoms with Crippen LogP contribution in [0.3, 0.4) is 0 Å². The van der Waals surface area contributed by atoms with Gasteiger partial charge in [0.05, 0.1) is 0 Å². The third-order valence-electron chi connectivity index (χ3n) is 1.93. The summed E-state index contributed by atoms with van der Waals surface area (Å²) in [4.78, 5) is 2.25. The van der Waals surface area contributed by atoms with E-state index in [0.717, 1.165) is 19.5 Å². The van der Waals surface area contributed by atoms with Gasteiger partial charge in [-0.15, -0.1) is 0 Å². The van der Waals surface area contributed by atoms with Crippen molar-refractivity contribution in [3.8, 4) is 0 Å². The van der Waals surface area contributed by atoms with Crippen LogP contribution in [-0.2, 0) is 32.7 Å². The zero-order valence-corrected chi connectivity index (χ0v) is 11.3. The molecule has 0 aromatic rings. The molecule has 0 aliphatic carbocycles. The maximum absolute atomic E-state index is 5.42. The molecule has 0 spiro atoms. The fourth-order valence-corrected chi connectivity index (χ4v) is 1.25. The Morgan fingerprint density at radius 3 is 2.17 bits per heavy atom. The monoisotopic (exact) mass is 242 g/mol. The predicted octanol–water partition coefficient (Wildman–Crippen LogP) is 2.16. The Morgan fingerprint density at radius 2 is 2.00 bits per heavy atom. The fraction of sp³-hybridized carbons (Fsp3) is 0.700. The average Bonchev–Trinajstić information content (AvgIpc) is 2.37. The van der Waals surface area contributed by atoms with Crippen LogP contribution in [-0.4, -0.2) is 25.0 Å². The summed E-state index contributed by atoms with van der Waals surface area (Å²) < 4.78 is 0. The smallest absolute Gasteiger partial charge is 0 e. The molecule has 1 aliphatic heterocycles. The minimum atomic E-state index is 0. The summed E-state index contributed by atoms with van der Waals surface area (Å²) >= 11 is 0. The molecule has 0 saturated carbocycles. The van der Waals surface area contributed by atoms with Crippen molar-refractivity contribution in [3.63, 3.8) is 0 Å². The zero-order valence-electron chi connectivity index (χ0n) is 8.51. The Labute approximate surface area is 102 Å². The van der Waals surface area contributed by atoms with E-state index in [4.69, 9.17) is 6.58 Å². The summed E-state index contributed by atoms with van der Waals surface area (Å²) in [5, 5.41) is 0. The van der Waals surface area contributed by atoms with Crippen LogP contribution >= 0.6 is 0 Å². The molecule has 12 heavy (non-hydrogen) atoms. The molecular weight excluding hydrogens is 223 g/mol. The number of nitrogens with zero attached hydrogens (tertiary/aromatic N) is 1. The van der Waals surface area contributed by atoms with E-state index < -0.39 is 0 Å². The Hall–Kier alpha value is 0.804. The zero-order chi connectivity index (χ0) is 8.91. The van der Waals surface area contributed by atoms with Crippen molar-refractivity contribution < 1.29 is 32.7 Å². The maximum atomic E-state index is 5.42. The summed E-state index contributed by atoms with van der Waals surface area (Å²) in [5.74, 6) is 0. The van der Waals surface area contributed by atoms with E-state index in [1.54, 1.807) is 6.08 Å². The first-order valence-corrected chi connectivity index (χ1v) is 4.26. The van der Waals surface area contributed by atoms with Crippen molar-refractivity contribution >= 4 is 0 Å². The average molecular weight is 242 g/mol. The van der Waals surface area contributed by atoms with Gasteiger partial charge in [0.15, 0.2) is 0 Å². The van der Waals surface area contributed by atoms with Gasteiger partial charge < -0.3 is 18.4 Å². The first-order valence-electron chi connectivity index (χ1n) is 4.26. The first-order chi connectivity index (χ1) is 5.16. The van der Waals surface area contributed by atoms with Gasteiger partial charge >= 0.3 is 0 Å². The summed E-state index contributed by atoms with van der Waals surface area (Å²) in [7, 11) is 2.09. The number of hydrogen-bond donors (Lipinski definition) is 0. The van der Waals surface area contributed by atoms with E-state index in [1.165, 1.54) is 0 Å². The van der Waals surface area contributed by atoms with Crippen molar-refractivity contribution in [2.45, 2.75) is 20.3 Å². The van der Waals surface area contributed by atoms with E-state index in [9.17, 15) is 0 Å². The Morgan fingerprint density at radius 1 is 1.50 bits per heavy atom. The predicted molar refractivity (Wildman–Crippen MR) is 50.1 cm³/mol. The van der Waals surface area contributed by atoms with E-state index in [2.05, 4.69) is 18.9 Å². The van der Waals surface area contributed by atoms with Gasteiger partial charge in [-0.25, -0.2) is 0 Å². The minimum Gasteiger partial charge on any atom is -0.520 e. The van der Waals surface area contributed by atoms with Crippen molar-refractivity contribution in [3.05, 3.63) is 19.6 Å². The summed E-state index contributed by atoms with van der Waals surface area (Å²) in [6, 6.07) is 0. The molecule has 0 aromatic carbocycles. The van der Waals surface area contributed by atoms with Crippen LogP contribution < -0.4 is 0 Å². The second-order valence-electron chi connectivity index (χ2n) is 3.02. The van der Waals surface area contributed by atoms with Crippen LogP contribution in [0.2, 0.25) is 0 Å². The largest absolute Gasteiger partial charge is 0.520 e. The molecule has 1 nitrogen and oxygen atoms in total. The minimum absolute atomic E-state index is 0. The summed E-state index contributed by atoms with van der Waals surface area (Å²) in [6.45, 7) is 15.6. The van der Waals surface area contributed by atoms with Gasteiger partial charge in [0, 0.05) is 32.7 Å². The molecule has 0 aromatic heterocycles. The van der Waals surface area contributed by atoms with E-state index >= 15 is 0 Å². The molecule has 1 rings (SSSR count). The van der Waals surface area contributed by atoms with Gasteiger partial charge in [0.1, 0.15) is 0 Å². The summed E-state index contributed by atoms with van der Waals surface area (Å²) in [6.07, 6.45) is 2.82. The molecule has 1 heterocycles. The van der Waals surface area contributed by atoms with Crippen LogP contribution in [0.1, 0.15) is 20.3 Å². The standard InChI is InChI=1S/C8H13N.C2H6.Y/c1-4-8(2)5-6-9(3)7-8;1-2;/h1,4H,2,5-7H2,3H3;1-2H3;/q-2;;. The van der Waals surface area contributed by atoms with Gasteiger partial charge in [0.25, 0.3) is 0 Å². The molecule has 0 amide bonds.